The van der Waals surface area contributed by atoms with E-state index in [1.54, 1.807) is 24.4 Å². The number of aromatic amines is 2. The Morgan fingerprint density at radius 3 is 2.90 bits per heavy atom. The summed E-state index contributed by atoms with van der Waals surface area (Å²) in [5.74, 6) is -0.587. The van der Waals surface area contributed by atoms with Crippen LogP contribution in [0.4, 0.5) is 10.2 Å². The molecule has 2 heterocycles. The third-order valence-electron chi connectivity index (χ3n) is 2.74. The molecule has 5 nitrogen and oxygen atoms in total. The Hall–Kier alpha value is -2.54. The molecule has 0 unspecified atom stereocenters. The second-order valence-electron chi connectivity index (χ2n) is 4.12. The Labute approximate surface area is 117 Å². The minimum atomic E-state index is -0.520. The van der Waals surface area contributed by atoms with Crippen LogP contribution in [0.1, 0.15) is 10.4 Å². The Morgan fingerprint density at radius 1 is 1.30 bits per heavy atom. The van der Waals surface area contributed by atoms with Gasteiger partial charge in [0.2, 0.25) is 0 Å². The van der Waals surface area contributed by atoms with Crippen molar-refractivity contribution in [2.24, 2.45) is 0 Å². The van der Waals surface area contributed by atoms with Gasteiger partial charge in [-0.1, -0.05) is 6.07 Å². The highest BCUT2D eigenvalue weighted by Gasteiger charge is 2.14. The van der Waals surface area contributed by atoms with Gasteiger partial charge >= 0.3 is 0 Å². The molecular formula is C13H9FN4OS. The first-order chi connectivity index (χ1) is 9.63. The number of rotatable bonds is 2. The first kappa shape index (κ1) is 12.5. The van der Waals surface area contributed by atoms with E-state index in [9.17, 15) is 9.18 Å². The number of aromatic nitrogens is 3. The van der Waals surface area contributed by atoms with Crippen molar-refractivity contribution >= 4 is 35.0 Å². The number of imidazole rings is 1. The van der Waals surface area contributed by atoms with Crippen LogP contribution in [0, 0.1) is 10.6 Å². The van der Waals surface area contributed by atoms with Gasteiger partial charge in [-0.25, -0.2) is 9.37 Å². The minimum absolute atomic E-state index is 0.165. The molecule has 20 heavy (non-hydrogen) atoms. The number of amides is 1. The number of halogens is 1. The second-order valence-corrected chi connectivity index (χ2v) is 4.53. The Bertz CT molecular complexity index is 840. The number of carbonyl (C=O) groups is 1. The van der Waals surface area contributed by atoms with Crippen LogP contribution < -0.4 is 5.32 Å². The van der Waals surface area contributed by atoms with Crippen molar-refractivity contribution in [2.45, 2.75) is 0 Å². The summed E-state index contributed by atoms with van der Waals surface area (Å²) in [5.41, 5.74) is 1.07. The van der Waals surface area contributed by atoms with E-state index in [4.69, 9.17) is 12.2 Å². The molecule has 0 spiro atoms. The lowest BCUT2D eigenvalue weighted by Gasteiger charge is -2.05. The van der Waals surface area contributed by atoms with Crippen molar-refractivity contribution < 1.29 is 9.18 Å². The average molecular weight is 288 g/mol. The maximum absolute atomic E-state index is 13.5. The third kappa shape index (κ3) is 2.30. The zero-order chi connectivity index (χ0) is 14.1. The van der Waals surface area contributed by atoms with Gasteiger partial charge in [-0.05, 0) is 36.5 Å². The summed E-state index contributed by atoms with van der Waals surface area (Å²) >= 11 is 4.95. The molecule has 3 aromatic rings. The summed E-state index contributed by atoms with van der Waals surface area (Å²) in [6.45, 7) is 0. The highest BCUT2D eigenvalue weighted by Crippen LogP contribution is 2.19. The Morgan fingerprint density at radius 2 is 2.15 bits per heavy atom. The van der Waals surface area contributed by atoms with Gasteiger partial charge in [-0.2, -0.15) is 0 Å². The molecule has 0 aliphatic heterocycles. The molecule has 0 saturated carbocycles. The first-order valence-electron chi connectivity index (χ1n) is 5.77. The van der Waals surface area contributed by atoms with Crippen LogP contribution in [0.5, 0.6) is 0 Å². The molecule has 0 bridgehead atoms. The van der Waals surface area contributed by atoms with E-state index in [1.807, 2.05) is 0 Å². The maximum atomic E-state index is 13.5. The molecule has 7 heteroatoms. The maximum Gasteiger partial charge on any atom is 0.259 e. The lowest BCUT2D eigenvalue weighted by Crippen LogP contribution is -2.13. The fraction of sp³-hybridized carbons (Fsp3) is 0. The highest BCUT2D eigenvalue weighted by atomic mass is 32.1. The molecule has 0 aliphatic rings. The van der Waals surface area contributed by atoms with Crippen molar-refractivity contribution in [2.75, 3.05) is 5.32 Å². The van der Waals surface area contributed by atoms with Gasteiger partial charge in [0, 0.05) is 6.20 Å². The zero-order valence-corrected chi connectivity index (χ0v) is 10.9. The number of anilines is 1. The molecule has 0 saturated heterocycles. The Kier molecular flexibility index (Phi) is 3.03. The van der Waals surface area contributed by atoms with Crippen molar-refractivity contribution in [3.8, 4) is 0 Å². The molecule has 0 fully saturated rings. The number of hydrogen-bond acceptors (Lipinski definition) is 3. The van der Waals surface area contributed by atoms with Crippen LogP contribution in [0.2, 0.25) is 0 Å². The van der Waals surface area contributed by atoms with Crippen molar-refractivity contribution in [1.82, 2.24) is 15.0 Å². The summed E-state index contributed by atoms with van der Waals surface area (Å²) in [7, 11) is 0. The Balaban J connectivity index is 2.05. The van der Waals surface area contributed by atoms with Gasteiger partial charge in [0.05, 0.1) is 16.6 Å². The third-order valence-corrected chi connectivity index (χ3v) is 2.95. The van der Waals surface area contributed by atoms with Crippen LogP contribution >= 0.6 is 12.2 Å². The fourth-order valence-corrected chi connectivity index (χ4v) is 2.12. The van der Waals surface area contributed by atoms with E-state index in [2.05, 4.69) is 20.3 Å². The molecule has 3 rings (SSSR count). The second kappa shape index (κ2) is 4.86. The lowest BCUT2D eigenvalue weighted by molar-refractivity contribution is 0.102. The molecule has 2 aromatic heterocycles. The standard InChI is InChI=1S/C13H9FN4OS/c14-7-5-8(11-9(6-7)16-13(20)18-11)12(19)17-10-3-1-2-4-15-10/h1-6H,(H,15,17,19)(H2,16,18,20). The lowest BCUT2D eigenvalue weighted by atomic mass is 10.1. The van der Waals surface area contributed by atoms with Gasteiger partial charge in [-0.15, -0.1) is 0 Å². The van der Waals surface area contributed by atoms with Crippen molar-refractivity contribution in [3.63, 3.8) is 0 Å². The van der Waals surface area contributed by atoms with E-state index in [1.165, 1.54) is 6.07 Å². The van der Waals surface area contributed by atoms with Gasteiger partial charge in [-0.3, -0.25) is 4.79 Å². The number of nitrogens with one attached hydrogen (secondary N) is 3. The SMILES string of the molecule is O=C(Nc1ccccn1)c1cc(F)cc2[nH]c(=S)[nH]c12. The van der Waals surface area contributed by atoms with Crippen LogP contribution in [0.25, 0.3) is 11.0 Å². The number of pyridine rings is 1. The molecular weight excluding hydrogens is 279 g/mol. The molecule has 1 amide bonds. The van der Waals surface area contributed by atoms with E-state index in [0.29, 0.717) is 21.6 Å². The largest absolute Gasteiger partial charge is 0.331 e. The summed E-state index contributed by atoms with van der Waals surface area (Å²) in [6.07, 6.45) is 1.56. The van der Waals surface area contributed by atoms with Gasteiger partial charge in [0.15, 0.2) is 4.77 Å². The number of nitrogens with zero attached hydrogens (tertiary/aromatic N) is 1. The van der Waals surface area contributed by atoms with E-state index >= 15 is 0 Å². The summed E-state index contributed by atoms with van der Waals surface area (Å²) in [4.78, 5) is 21.8. The first-order valence-corrected chi connectivity index (χ1v) is 6.18. The summed E-state index contributed by atoms with van der Waals surface area (Å²) in [5, 5.41) is 2.60. The van der Waals surface area contributed by atoms with Gasteiger partial charge < -0.3 is 15.3 Å². The zero-order valence-electron chi connectivity index (χ0n) is 10.1. The van der Waals surface area contributed by atoms with E-state index in [-0.39, 0.29) is 5.56 Å². The van der Waals surface area contributed by atoms with Crippen LogP contribution in [0.15, 0.2) is 36.5 Å². The minimum Gasteiger partial charge on any atom is -0.331 e. The summed E-state index contributed by atoms with van der Waals surface area (Å²) in [6, 6.07) is 7.56. The predicted molar refractivity (Wildman–Crippen MR) is 75.6 cm³/mol. The average Bonchev–Trinajstić information content (AvgIpc) is 2.78. The van der Waals surface area contributed by atoms with Crippen LogP contribution in [-0.2, 0) is 0 Å². The number of carbonyl (C=O) groups excluding carboxylic acids is 1. The van der Waals surface area contributed by atoms with Crippen molar-refractivity contribution in [3.05, 3.63) is 52.7 Å². The van der Waals surface area contributed by atoms with Gasteiger partial charge in [0.1, 0.15) is 11.6 Å². The van der Waals surface area contributed by atoms with Crippen LogP contribution in [-0.4, -0.2) is 20.9 Å². The molecule has 0 radical (unpaired) electrons. The van der Waals surface area contributed by atoms with Crippen molar-refractivity contribution in [1.29, 1.82) is 0 Å². The van der Waals surface area contributed by atoms with E-state index < -0.39 is 11.7 Å². The monoisotopic (exact) mass is 288 g/mol. The van der Waals surface area contributed by atoms with Crippen LogP contribution in [0.3, 0.4) is 0 Å². The number of H-pyrrole nitrogens is 2. The highest BCUT2D eigenvalue weighted by molar-refractivity contribution is 7.71. The molecule has 100 valence electrons. The normalized spacial score (nSPS) is 10.7. The fourth-order valence-electron chi connectivity index (χ4n) is 1.91. The smallest absolute Gasteiger partial charge is 0.259 e. The van der Waals surface area contributed by atoms with E-state index in [0.717, 1.165) is 6.07 Å². The molecule has 3 N–H and O–H groups in total. The quantitative estimate of drug-likeness (QED) is 0.635. The number of fused-ring (bicyclic) bond motifs is 1. The predicted octanol–water partition coefficient (Wildman–Crippen LogP) is 3.01. The molecule has 0 aliphatic carbocycles. The molecule has 1 aromatic carbocycles. The number of benzene rings is 1. The topological polar surface area (TPSA) is 73.6 Å². The van der Waals surface area contributed by atoms with Gasteiger partial charge in [0.25, 0.3) is 5.91 Å². The summed E-state index contributed by atoms with van der Waals surface area (Å²) < 4.78 is 13.9. The number of hydrogen-bond donors (Lipinski definition) is 3. The molecule has 0 atom stereocenters.